The Balaban J connectivity index is 2.15. The quantitative estimate of drug-likeness (QED) is 0.626. The standard InChI is InChI=1S/C15H18N2O2S/c1-4-19-15(18)12-9-16-17(3)13(12)10-20-14-8-6-5-7-11(14)2/h5-9H,4,10H2,1-3H3. The van der Waals surface area contributed by atoms with E-state index in [2.05, 4.69) is 24.2 Å². The number of rotatable bonds is 5. The Kier molecular flexibility index (Phi) is 4.84. The summed E-state index contributed by atoms with van der Waals surface area (Å²) < 4.78 is 6.79. The van der Waals surface area contributed by atoms with Crippen molar-refractivity contribution in [2.75, 3.05) is 6.61 Å². The number of hydrogen-bond acceptors (Lipinski definition) is 4. The lowest BCUT2D eigenvalue weighted by atomic mass is 10.2. The molecule has 0 fully saturated rings. The topological polar surface area (TPSA) is 44.1 Å². The number of hydrogen-bond donors (Lipinski definition) is 0. The molecule has 0 aliphatic carbocycles. The molecule has 0 saturated carbocycles. The van der Waals surface area contributed by atoms with Crippen molar-refractivity contribution in [3.63, 3.8) is 0 Å². The van der Waals surface area contributed by atoms with Crippen LogP contribution in [0.15, 0.2) is 35.4 Å². The summed E-state index contributed by atoms with van der Waals surface area (Å²) in [6.45, 7) is 4.26. The van der Waals surface area contributed by atoms with Crippen molar-refractivity contribution in [3.05, 3.63) is 47.3 Å². The van der Waals surface area contributed by atoms with Gasteiger partial charge in [0.15, 0.2) is 0 Å². The van der Waals surface area contributed by atoms with Crippen LogP contribution in [0.25, 0.3) is 0 Å². The molecule has 5 heteroatoms. The van der Waals surface area contributed by atoms with E-state index in [-0.39, 0.29) is 5.97 Å². The third-order valence-corrected chi connectivity index (χ3v) is 4.20. The minimum absolute atomic E-state index is 0.305. The molecule has 0 atom stereocenters. The first kappa shape index (κ1) is 14.7. The lowest BCUT2D eigenvalue weighted by Crippen LogP contribution is -2.08. The molecule has 0 amide bonds. The van der Waals surface area contributed by atoms with E-state index in [4.69, 9.17) is 4.74 Å². The van der Waals surface area contributed by atoms with Gasteiger partial charge in [-0.2, -0.15) is 5.10 Å². The Morgan fingerprint density at radius 1 is 1.40 bits per heavy atom. The molecule has 0 spiro atoms. The van der Waals surface area contributed by atoms with Gasteiger partial charge in [-0.1, -0.05) is 18.2 Å². The van der Waals surface area contributed by atoms with Crippen LogP contribution in [0.3, 0.4) is 0 Å². The Labute approximate surface area is 123 Å². The molecule has 0 aliphatic rings. The van der Waals surface area contributed by atoms with Gasteiger partial charge >= 0.3 is 5.97 Å². The average Bonchev–Trinajstić information content (AvgIpc) is 2.79. The number of carbonyl (C=O) groups is 1. The van der Waals surface area contributed by atoms with Crippen LogP contribution in [-0.4, -0.2) is 22.4 Å². The van der Waals surface area contributed by atoms with Crippen molar-refractivity contribution in [2.24, 2.45) is 7.05 Å². The van der Waals surface area contributed by atoms with Crippen LogP contribution >= 0.6 is 11.8 Å². The lowest BCUT2D eigenvalue weighted by Gasteiger charge is -2.07. The fourth-order valence-corrected chi connectivity index (χ4v) is 2.98. The Morgan fingerprint density at radius 3 is 2.85 bits per heavy atom. The van der Waals surface area contributed by atoms with Crippen molar-refractivity contribution in [2.45, 2.75) is 24.5 Å². The first-order valence-corrected chi connectivity index (χ1v) is 7.48. The van der Waals surface area contributed by atoms with Crippen LogP contribution in [0, 0.1) is 6.92 Å². The summed E-state index contributed by atoms with van der Waals surface area (Å²) in [5.41, 5.74) is 2.67. The van der Waals surface area contributed by atoms with E-state index in [1.54, 1.807) is 29.6 Å². The highest BCUT2D eigenvalue weighted by atomic mass is 32.2. The summed E-state index contributed by atoms with van der Waals surface area (Å²) >= 11 is 1.70. The van der Waals surface area contributed by atoms with Crippen molar-refractivity contribution >= 4 is 17.7 Å². The van der Waals surface area contributed by atoms with Crippen LogP contribution < -0.4 is 0 Å². The van der Waals surface area contributed by atoms with Crippen LogP contribution in [0.2, 0.25) is 0 Å². The number of aromatic nitrogens is 2. The van der Waals surface area contributed by atoms with E-state index in [0.717, 1.165) is 5.69 Å². The van der Waals surface area contributed by atoms with Crippen molar-refractivity contribution in [1.82, 2.24) is 9.78 Å². The largest absolute Gasteiger partial charge is 0.462 e. The third-order valence-electron chi connectivity index (χ3n) is 3.01. The van der Waals surface area contributed by atoms with Crippen molar-refractivity contribution in [1.29, 1.82) is 0 Å². The Morgan fingerprint density at radius 2 is 2.15 bits per heavy atom. The average molecular weight is 290 g/mol. The summed E-state index contributed by atoms with van der Waals surface area (Å²) in [6, 6.07) is 8.20. The summed E-state index contributed by atoms with van der Waals surface area (Å²) in [5.74, 6) is 0.385. The van der Waals surface area contributed by atoms with Gasteiger partial charge in [-0.05, 0) is 25.5 Å². The van der Waals surface area contributed by atoms with Crippen LogP contribution in [0.4, 0.5) is 0 Å². The normalized spacial score (nSPS) is 10.6. The van der Waals surface area contributed by atoms with E-state index >= 15 is 0 Å². The van der Waals surface area contributed by atoms with Crippen molar-refractivity contribution < 1.29 is 9.53 Å². The monoisotopic (exact) mass is 290 g/mol. The molecule has 1 aromatic carbocycles. The van der Waals surface area contributed by atoms with Gasteiger partial charge in [-0.15, -0.1) is 11.8 Å². The van der Waals surface area contributed by atoms with E-state index in [0.29, 0.717) is 17.9 Å². The van der Waals surface area contributed by atoms with Gasteiger partial charge in [0.05, 0.1) is 18.5 Å². The van der Waals surface area contributed by atoms with Crippen molar-refractivity contribution in [3.8, 4) is 0 Å². The third kappa shape index (κ3) is 3.22. The molecule has 0 radical (unpaired) electrons. The zero-order valence-corrected chi connectivity index (χ0v) is 12.7. The minimum atomic E-state index is -0.305. The van der Waals surface area contributed by atoms with Gasteiger partial charge in [0.25, 0.3) is 0 Å². The molecule has 0 aliphatic heterocycles. The highest BCUT2D eigenvalue weighted by Gasteiger charge is 2.17. The lowest BCUT2D eigenvalue weighted by molar-refractivity contribution is 0.0525. The predicted octanol–water partition coefficient (Wildman–Crippen LogP) is 3.20. The summed E-state index contributed by atoms with van der Waals surface area (Å²) in [7, 11) is 1.84. The van der Waals surface area contributed by atoms with E-state index in [1.807, 2.05) is 19.2 Å². The minimum Gasteiger partial charge on any atom is -0.462 e. The maximum absolute atomic E-state index is 11.9. The molecular weight excluding hydrogens is 272 g/mol. The Bertz CT molecular complexity index is 608. The summed E-state index contributed by atoms with van der Waals surface area (Å²) in [6.07, 6.45) is 1.58. The molecular formula is C15H18N2O2S. The summed E-state index contributed by atoms with van der Waals surface area (Å²) in [5, 5.41) is 4.16. The zero-order chi connectivity index (χ0) is 14.5. The highest BCUT2D eigenvalue weighted by molar-refractivity contribution is 7.98. The van der Waals surface area contributed by atoms with Crippen LogP contribution in [0.5, 0.6) is 0 Å². The first-order valence-electron chi connectivity index (χ1n) is 6.50. The Hall–Kier alpha value is -1.75. The van der Waals surface area contributed by atoms with Gasteiger partial charge in [-0.3, -0.25) is 4.68 Å². The maximum atomic E-state index is 11.9. The first-order chi connectivity index (χ1) is 9.63. The molecule has 0 bridgehead atoms. The molecule has 2 aromatic rings. The smallest absolute Gasteiger partial charge is 0.341 e. The fraction of sp³-hybridized carbons (Fsp3) is 0.333. The molecule has 2 rings (SSSR count). The molecule has 106 valence electrons. The molecule has 0 unspecified atom stereocenters. The molecule has 20 heavy (non-hydrogen) atoms. The SMILES string of the molecule is CCOC(=O)c1cnn(C)c1CSc1ccccc1C. The number of nitrogens with zero attached hydrogens (tertiary/aromatic N) is 2. The molecule has 0 saturated heterocycles. The molecule has 0 N–H and O–H groups in total. The van der Waals surface area contributed by atoms with Crippen LogP contribution in [0.1, 0.15) is 28.5 Å². The second-order valence-corrected chi connectivity index (χ2v) is 5.42. The van der Waals surface area contributed by atoms with E-state index < -0.39 is 0 Å². The highest BCUT2D eigenvalue weighted by Crippen LogP contribution is 2.27. The van der Waals surface area contributed by atoms with Crippen LogP contribution in [-0.2, 0) is 17.5 Å². The van der Waals surface area contributed by atoms with Gasteiger partial charge < -0.3 is 4.74 Å². The number of aryl methyl sites for hydroxylation is 2. The molecule has 1 aromatic heterocycles. The van der Waals surface area contributed by atoms with Gasteiger partial charge in [0, 0.05) is 17.7 Å². The number of thioether (sulfide) groups is 1. The fourth-order valence-electron chi connectivity index (χ4n) is 1.88. The van der Waals surface area contributed by atoms with Gasteiger partial charge in [-0.25, -0.2) is 4.79 Å². The molecule has 1 heterocycles. The number of esters is 1. The number of benzene rings is 1. The van der Waals surface area contributed by atoms with Gasteiger partial charge in [0.2, 0.25) is 0 Å². The number of carbonyl (C=O) groups excluding carboxylic acids is 1. The van der Waals surface area contributed by atoms with E-state index in [1.165, 1.54) is 10.5 Å². The summed E-state index contributed by atoms with van der Waals surface area (Å²) in [4.78, 5) is 13.1. The second-order valence-electron chi connectivity index (χ2n) is 4.40. The second kappa shape index (κ2) is 6.61. The van der Waals surface area contributed by atoms with Gasteiger partial charge in [0.1, 0.15) is 5.56 Å². The number of ether oxygens (including phenoxy) is 1. The predicted molar refractivity (Wildman–Crippen MR) is 79.9 cm³/mol. The van der Waals surface area contributed by atoms with E-state index in [9.17, 15) is 4.79 Å². The molecule has 4 nitrogen and oxygen atoms in total. The maximum Gasteiger partial charge on any atom is 0.341 e. The zero-order valence-electron chi connectivity index (χ0n) is 11.9.